The molecule has 2 heterocycles. The molecule has 0 spiro atoms. The zero-order chi connectivity index (χ0) is 16.2. The third-order valence-electron chi connectivity index (χ3n) is 3.47. The molecule has 1 atom stereocenters. The Labute approximate surface area is 135 Å². The molecular formula is C17H21N3O3. The summed E-state index contributed by atoms with van der Waals surface area (Å²) in [5.74, 6) is 1.86. The fourth-order valence-electron chi connectivity index (χ4n) is 2.47. The van der Waals surface area contributed by atoms with Crippen LogP contribution in [0, 0.1) is 5.92 Å². The lowest BCUT2D eigenvalue weighted by Crippen LogP contribution is -2.33. The third kappa shape index (κ3) is 4.03. The number of carbonyl (C=O) groups is 1. The highest BCUT2D eigenvalue weighted by atomic mass is 16.6. The highest BCUT2D eigenvalue weighted by Gasteiger charge is 2.21. The Bertz CT molecular complexity index is 681. The molecule has 6 nitrogen and oxygen atoms in total. The fourth-order valence-corrected chi connectivity index (χ4v) is 2.47. The molecule has 0 saturated heterocycles. The average Bonchev–Trinajstić information content (AvgIpc) is 2.93. The lowest BCUT2D eigenvalue weighted by Gasteiger charge is -2.26. The molecule has 0 fully saturated rings. The number of ether oxygens (including phenoxy) is 2. The van der Waals surface area contributed by atoms with Gasteiger partial charge in [0.1, 0.15) is 6.61 Å². The van der Waals surface area contributed by atoms with Crippen LogP contribution in [0.3, 0.4) is 0 Å². The van der Waals surface area contributed by atoms with E-state index in [-0.39, 0.29) is 12.0 Å². The number of rotatable bonds is 5. The van der Waals surface area contributed by atoms with Gasteiger partial charge in [-0.1, -0.05) is 26.0 Å². The van der Waals surface area contributed by atoms with Crippen molar-refractivity contribution in [2.75, 3.05) is 11.9 Å². The number of para-hydroxylation sites is 2. The van der Waals surface area contributed by atoms with Gasteiger partial charge in [-0.05, 0) is 18.1 Å². The number of aromatic nitrogens is 2. The van der Waals surface area contributed by atoms with E-state index in [0.717, 1.165) is 11.5 Å². The lowest BCUT2D eigenvalue weighted by atomic mass is 10.1. The molecule has 0 saturated carbocycles. The van der Waals surface area contributed by atoms with Crippen molar-refractivity contribution in [2.24, 2.45) is 5.92 Å². The summed E-state index contributed by atoms with van der Waals surface area (Å²) in [4.78, 5) is 11.8. The Balaban J connectivity index is 1.56. The maximum atomic E-state index is 11.8. The first kappa shape index (κ1) is 15.4. The molecule has 0 aliphatic carbocycles. The summed E-state index contributed by atoms with van der Waals surface area (Å²) in [6.45, 7) is 5.07. The van der Waals surface area contributed by atoms with Crippen LogP contribution >= 0.6 is 0 Å². The monoisotopic (exact) mass is 315 g/mol. The first-order valence-electron chi connectivity index (χ1n) is 7.81. The van der Waals surface area contributed by atoms with Crippen molar-refractivity contribution in [1.29, 1.82) is 0 Å². The summed E-state index contributed by atoms with van der Waals surface area (Å²) in [7, 11) is 0. The molecule has 0 radical (unpaired) electrons. The van der Waals surface area contributed by atoms with E-state index < -0.39 is 0 Å². The normalized spacial score (nSPS) is 16.4. The first-order valence-corrected chi connectivity index (χ1v) is 7.81. The maximum absolute atomic E-state index is 11.8. The third-order valence-corrected chi connectivity index (χ3v) is 3.47. The minimum Gasteiger partial charge on any atom is -0.486 e. The van der Waals surface area contributed by atoms with E-state index in [4.69, 9.17) is 9.47 Å². The molecule has 1 aromatic heterocycles. The van der Waals surface area contributed by atoms with Crippen LogP contribution in [-0.2, 0) is 11.3 Å². The van der Waals surface area contributed by atoms with Crippen LogP contribution in [0.25, 0.3) is 0 Å². The van der Waals surface area contributed by atoms with Crippen molar-refractivity contribution in [1.82, 2.24) is 9.78 Å². The predicted octanol–water partition coefficient (Wildman–Crippen LogP) is 2.71. The van der Waals surface area contributed by atoms with E-state index in [1.807, 2.05) is 44.3 Å². The highest BCUT2D eigenvalue weighted by molar-refractivity contribution is 5.90. The van der Waals surface area contributed by atoms with Gasteiger partial charge in [0, 0.05) is 12.6 Å². The lowest BCUT2D eigenvalue weighted by molar-refractivity contribution is -0.116. The standard InChI is InChI=1S/C17H21N3O3/c1-12(2)7-17(21)19-13-8-18-20(9-13)10-14-11-22-15-5-3-4-6-16(15)23-14/h3-6,8-9,12,14H,7,10-11H2,1-2H3,(H,19,21). The summed E-state index contributed by atoms with van der Waals surface area (Å²) in [6.07, 6.45) is 3.85. The van der Waals surface area contributed by atoms with Crippen LogP contribution in [-0.4, -0.2) is 28.4 Å². The number of fused-ring (bicyclic) bond motifs is 1. The van der Waals surface area contributed by atoms with Gasteiger partial charge >= 0.3 is 0 Å². The Morgan fingerprint density at radius 2 is 2.17 bits per heavy atom. The Hall–Kier alpha value is -2.50. The summed E-state index contributed by atoms with van der Waals surface area (Å²) in [5.41, 5.74) is 0.702. The number of benzene rings is 1. The Morgan fingerprint density at radius 3 is 2.96 bits per heavy atom. The number of hydrogen-bond donors (Lipinski definition) is 1. The van der Waals surface area contributed by atoms with Crippen molar-refractivity contribution >= 4 is 11.6 Å². The van der Waals surface area contributed by atoms with Crippen molar-refractivity contribution in [2.45, 2.75) is 32.9 Å². The fraction of sp³-hybridized carbons (Fsp3) is 0.412. The zero-order valence-electron chi connectivity index (χ0n) is 13.4. The van der Waals surface area contributed by atoms with Gasteiger partial charge < -0.3 is 14.8 Å². The van der Waals surface area contributed by atoms with Gasteiger partial charge in [0.05, 0.1) is 18.4 Å². The van der Waals surface area contributed by atoms with E-state index in [9.17, 15) is 4.79 Å². The van der Waals surface area contributed by atoms with Crippen LogP contribution in [0.2, 0.25) is 0 Å². The van der Waals surface area contributed by atoms with Gasteiger partial charge in [0.25, 0.3) is 0 Å². The van der Waals surface area contributed by atoms with Gasteiger partial charge in [-0.3, -0.25) is 9.48 Å². The van der Waals surface area contributed by atoms with Crippen molar-refractivity contribution in [3.63, 3.8) is 0 Å². The summed E-state index contributed by atoms with van der Waals surface area (Å²) >= 11 is 0. The smallest absolute Gasteiger partial charge is 0.224 e. The average molecular weight is 315 g/mol. The van der Waals surface area contributed by atoms with E-state index in [1.54, 1.807) is 10.9 Å². The molecule has 122 valence electrons. The van der Waals surface area contributed by atoms with Gasteiger partial charge in [-0.15, -0.1) is 0 Å². The van der Waals surface area contributed by atoms with Crippen molar-refractivity contribution < 1.29 is 14.3 Å². The molecule has 6 heteroatoms. The molecule has 1 amide bonds. The van der Waals surface area contributed by atoms with E-state index in [2.05, 4.69) is 10.4 Å². The minimum atomic E-state index is -0.107. The molecule has 23 heavy (non-hydrogen) atoms. The largest absolute Gasteiger partial charge is 0.486 e. The number of nitrogens with one attached hydrogen (secondary N) is 1. The SMILES string of the molecule is CC(C)CC(=O)Nc1cnn(CC2COc3ccccc3O2)c1. The molecule has 1 unspecified atom stereocenters. The van der Waals surface area contributed by atoms with Gasteiger partial charge in [0.2, 0.25) is 5.91 Å². The molecule has 1 aliphatic rings. The number of anilines is 1. The Kier molecular flexibility index (Phi) is 4.50. The molecule has 0 bridgehead atoms. The van der Waals surface area contributed by atoms with Crippen molar-refractivity contribution in [3.05, 3.63) is 36.7 Å². The molecule has 1 aliphatic heterocycles. The molecule has 1 N–H and O–H groups in total. The first-order chi connectivity index (χ1) is 11.1. The Morgan fingerprint density at radius 1 is 1.39 bits per heavy atom. The predicted molar refractivity (Wildman–Crippen MR) is 86.7 cm³/mol. The second-order valence-corrected chi connectivity index (χ2v) is 6.09. The molecule has 3 rings (SSSR count). The second-order valence-electron chi connectivity index (χ2n) is 6.09. The number of carbonyl (C=O) groups excluding carboxylic acids is 1. The van der Waals surface area contributed by atoms with Crippen LogP contribution < -0.4 is 14.8 Å². The van der Waals surface area contributed by atoms with Crippen LogP contribution in [0.5, 0.6) is 11.5 Å². The summed E-state index contributed by atoms with van der Waals surface area (Å²) in [6, 6.07) is 7.62. The zero-order valence-corrected chi connectivity index (χ0v) is 13.4. The maximum Gasteiger partial charge on any atom is 0.224 e. The van der Waals surface area contributed by atoms with E-state index >= 15 is 0 Å². The summed E-state index contributed by atoms with van der Waals surface area (Å²) in [5, 5.41) is 7.12. The molecule has 1 aromatic carbocycles. The second kappa shape index (κ2) is 6.73. The van der Waals surface area contributed by atoms with E-state index in [1.165, 1.54) is 0 Å². The molecule has 2 aromatic rings. The highest BCUT2D eigenvalue weighted by Crippen LogP contribution is 2.31. The van der Waals surface area contributed by atoms with Crippen molar-refractivity contribution in [3.8, 4) is 11.5 Å². The number of hydrogen-bond acceptors (Lipinski definition) is 4. The summed E-state index contributed by atoms with van der Waals surface area (Å²) < 4.78 is 13.4. The van der Waals surface area contributed by atoms with Gasteiger partial charge in [0.15, 0.2) is 17.6 Å². The quantitative estimate of drug-likeness (QED) is 0.921. The van der Waals surface area contributed by atoms with Gasteiger partial charge in [-0.25, -0.2) is 0 Å². The number of nitrogens with zero attached hydrogens (tertiary/aromatic N) is 2. The van der Waals surface area contributed by atoms with Gasteiger partial charge in [-0.2, -0.15) is 5.10 Å². The number of amides is 1. The molecular weight excluding hydrogens is 294 g/mol. The van der Waals surface area contributed by atoms with Crippen LogP contribution in [0.15, 0.2) is 36.7 Å². The van der Waals surface area contributed by atoms with E-state index in [0.29, 0.717) is 31.2 Å². The minimum absolute atomic E-state index is 0.00530. The topological polar surface area (TPSA) is 65.4 Å². The van der Waals surface area contributed by atoms with Crippen LogP contribution in [0.1, 0.15) is 20.3 Å². The van der Waals surface area contributed by atoms with Crippen LogP contribution in [0.4, 0.5) is 5.69 Å².